The lowest BCUT2D eigenvalue weighted by molar-refractivity contribution is -0.138. The van der Waals surface area contributed by atoms with Crippen LogP contribution in [0.15, 0.2) is 24.3 Å². The van der Waals surface area contributed by atoms with Crippen LogP contribution in [0.5, 0.6) is 0 Å². The molecule has 2 rings (SSSR count). The molecular formula is C17H25ClFN3O2. The van der Waals surface area contributed by atoms with Gasteiger partial charge in [0.1, 0.15) is 11.9 Å². The van der Waals surface area contributed by atoms with Crippen LogP contribution in [-0.2, 0) is 9.59 Å². The van der Waals surface area contributed by atoms with E-state index in [1.165, 1.54) is 15.9 Å². The molecule has 0 radical (unpaired) electrons. The van der Waals surface area contributed by atoms with E-state index in [1.54, 1.807) is 25.2 Å². The van der Waals surface area contributed by atoms with E-state index < -0.39 is 17.9 Å². The van der Waals surface area contributed by atoms with E-state index >= 15 is 0 Å². The van der Waals surface area contributed by atoms with Crippen molar-refractivity contribution in [3.8, 4) is 0 Å². The molecule has 1 aromatic carbocycles. The number of carbonyl (C=O) groups is 2. The lowest BCUT2D eigenvalue weighted by atomic mass is 9.98. The van der Waals surface area contributed by atoms with Gasteiger partial charge in [-0.3, -0.25) is 9.59 Å². The van der Waals surface area contributed by atoms with Crippen LogP contribution in [0.25, 0.3) is 0 Å². The fourth-order valence-corrected chi connectivity index (χ4v) is 2.82. The largest absolute Gasteiger partial charge is 0.332 e. The maximum Gasteiger partial charge on any atom is 0.249 e. The summed E-state index contributed by atoms with van der Waals surface area (Å²) in [5, 5.41) is 0. The van der Waals surface area contributed by atoms with Gasteiger partial charge in [0.15, 0.2) is 0 Å². The monoisotopic (exact) mass is 357 g/mol. The normalized spacial score (nSPS) is 19.6. The Balaban J connectivity index is 0.00000288. The molecule has 1 fully saturated rings. The molecule has 1 heterocycles. The number of para-hydroxylation sites is 1. The van der Waals surface area contributed by atoms with Gasteiger partial charge in [-0.15, -0.1) is 12.4 Å². The molecular weight excluding hydrogens is 333 g/mol. The number of nitrogens with two attached hydrogens (primary N) is 1. The fourth-order valence-electron chi connectivity index (χ4n) is 2.82. The number of nitrogens with zero attached hydrogens (tertiary/aromatic N) is 2. The van der Waals surface area contributed by atoms with Crippen LogP contribution in [-0.4, -0.2) is 42.4 Å². The van der Waals surface area contributed by atoms with Gasteiger partial charge in [0.2, 0.25) is 11.8 Å². The van der Waals surface area contributed by atoms with Gasteiger partial charge in [-0.25, -0.2) is 4.39 Å². The van der Waals surface area contributed by atoms with Crippen LogP contribution in [0.2, 0.25) is 0 Å². The number of rotatable bonds is 5. The Morgan fingerprint density at radius 3 is 2.67 bits per heavy atom. The average Bonchev–Trinajstić information content (AvgIpc) is 2.93. The highest BCUT2D eigenvalue weighted by molar-refractivity contribution is 6.01. The first kappa shape index (κ1) is 20.4. The number of likely N-dealkylation sites (N-methyl/N-ethyl adjacent to an activating group) is 1. The third kappa shape index (κ3) is 3.87. The first-order valence-corrected chi connectivity index (χ1v) is 7.96. The topological polar surface area (TPSA) is 66.6 Å². The van der Waals surface area contributed by atoms with Gasteiger partial charge >= 0.3 is 0 Å². The predicted octanol–water partition coefficient (Wildman–Crippen LogP) is 2.18. The molecule has 0 aromatic heterocycles. The number of carbonyl (C=O) groups excluding carboxylic acids is 2. The highest BCUT2D eigenvalue weighted by Gasteiger charge is 2.39. The molecule has 2 amide bonds. The van der Waals surface area contributed by atoms with Gasteiger partial charge in [0, 0.05) is 13.6 Å². The standard InChI is InChI=1S/C17H24FN3O2.ClH/c1-4-11(2)15(19)17(23)20(3)14-9-10-21(16(14)22)13-8-6-5-7-12(13)18;/h5-8,11,14-15H,4,9-10,19H2,1-3H3;1H. The minimum absolute atomic E-state index is 0. The van der Waals surface area contributed by atoms with E-state index in [2.05, 4.69) is 0 Å². The van der Waals surface area contributed by atoms with Crippen molar-refractivity contribution in [2.75, 3.05) is 18.5 Å². The fraction of sp³-hybridized carbons (Fsp3) is 0.529. The Kier molecular flexibility index (Phi) is 7.17. The van der Waals surface area contributed by atoms with E-state index in [4.69, 9.17) is 5.73 Å². The summed E-state index contributed by atoms with van der Waals surface area (Å²) in [6, 6.07) is 4.95. The molecule has 7 heteroatoms. The van der Waals surface area contributed by atoms with Crippen molar-refractivity contribution in [2.24, 2.45) is 11.7 Å². The molecule has 134 valence electrons. The zero-order valence-electron chi connectivity index (χ0n) is 14.2. The lowest BCUT2D eigenvalue weighted by Gasteiger charge is -2.28. The molecule has 2 N–H and O–H groups in total. The second kappa shape index (κ2) is 8.44. The maximum absolute atomic E-state index is 13.9. The SMILES string of the molecule is CCC(C)C(N)C(=O)N(C)C1CCN(c2ccccc2F)C1=O.Cl. The second-order valence-electron chi connectivity index (χ2n) is 6.11. The molecule has 1 saturated heterocycles. The Bertz CT molecular complexity index is 599. The minimum atomic E-state index is -0.625. The summed E-state index contributed by atoms with van der Waals surface area (Å²) in [7, 11) is 1.60. The van der Waals surface area contributed by atoms with Crippen molar-refractivity contribution in [2.45, 2.75) is 38.8 Å². The summed E-state index contributed by atoms with van der Waals surface area (Å²) in [5.41, 5.74) is 6.24. The number of amides is 2. The zero-order valence-corrected chi connectivity index (χ0v) is 15.1. The Morgan fingerprint density at radius 1 is 1.46 bits per heavy atom. The third-order valence-electron chi connectivity index (χ3n) is 4.68. The van der Waals surface area contributed by atoms with Gasteiger partial charge in [0.05, 0.1) is 11.7 Å². The quantitative estimate of drug-likeness (QED) is 0.878. The van der Waals surface area contributed by atoms with Crippen LogP contribution < -0.4 is 10.6 Å². The van der Waals surface area contributed by atoms with Gasteiger partial charge in [-0.2, -0.15) is 0 Å². The first-order valence-electron chi connectivity index (χ1n) is 7.96. The summed E-state index contributed by atoms with van der Waals surface area (Å²) in [6.07, 6.45) is 1.27. The van der Waals surface area contributed by atoms with Crippen LogP contribution >= 0.6 is 12.4 Å². The summed E-state index contributed by atoms with van der Waals surface area (Å²) in [5.74, 6) is -0.897. The molecule has 5 nitrogen and oxygen atoms in total. The highest BCUT2D eigenvalue weighted by atomic mass is 35.5. The zero-order chi connectivity index (χ0) is 17.1. The van der Waals surface area contributed by atoms with E-state index in [9.17, 15) is 14.0 Å². The summed E-state index contributed by atoms with van der Waals surface area (Å²) >= 11 is 0. The molecule has 1 aliphatic heterocycles. The first-order chi connectivity index (χ1) is 10.9. The van der Waals surface area contributed by atoms with Crippen LogP contribution in [0.3, 0.4) is 0 Å². The Morgan fingerprint density at radius 2 is 2.08 bits per heavy atom. The number of anilines is 1. The second-order valence-corrected chi connectivity index (χ2v) is 6.11. The predicted molar refractivity (Wildman–Crippen MR) is 94.6 cm³/mol. The van der Waals surface area contributed by atoms with Crippen LogP contribution in [0.4, 0.5) is 10.1 Å². The maximum atomic E-state index is 13.9. The average molecular weight is 358 g/mol. The molecule has 3 unspecified atom stereocenters. The molecule has 1 aromatic rings. The summed E-state index contributed by atoms with van der Waals surface area (Å²) in [6.45, 7) is 4.28. The molecule has 1 aliphatic rings. The van der Waals surface area contributed by atoms with Crippen molar-refractivity contribution in [3.05, 3.63) is 30.1 Å². The van der Waals surface area contributed by atoms with Gasteiger partial charge in [-0.1, -0.05) is 32.4 Å². The van der Waals surface area contributed by atoms with Crippen LogP contribution in [0, 0.1) is 11.7 Å². The van der Waals surface area contributed by atoms with Gasteiger partial charge in [-0.05, 0) is 24.5 Å². The summed E-state index contributed by atoms with van der Waals surface area (Å²) < 4.78 is 13.9. The van der Waals surface area contributed by atoms with E-state index in [0.717, 1.165) is 6.42 Å². The Hall–Kier alpha value is -1.66. The number of hydrogen-bond donors (Lipinski definition) is 1. The highest BCUT2D eigenvalue weighted by Crippen LogP contribution is 2.26. The Labute approximate surface area is 148 Å². The molecule has 0 aliphatic carbocycles. The lowest BCUT2D eigenvalue weighted by Crippen LogP contribution is -2.51. The van der Waals surface area contributed by atoms with Gasteiger partial charge < -0.3 is 15.5 Å². The van der Waals surface area contributed by atoms with E-state index in [1.807, 2.05) is 13.8 Å². The molecule has 0 spiro atoms. The molecule has 3 atom stereocenters. The van der Waals surface area contributed by atoms with Crippen molar-refractivity contribution >= 4 is 29.9 Å². The van der Waals surface area contributed by atoms with Crippen molar-refractivity contribution in [1.29, 1.82) is 0 Å². The van der Waals surface area contributed by atoms with E-state index in [-0.39, 0.29) is 35.8 Å². The smallest absolute Gasteiger partial charge is 0.249 e. The van der Waals surface area contributed by atoms with Crippen LogP contribution in [0.1, 0.15) is 26.7 Å². The van der Waals surface area contributed by atoms with E-state index in [0.29, 0.717) is 13.0 Å². The summed E-state index contributed by atoms with van der Waals surface area (Å²) in [4.78, 5) is 27.9. The molecule has 0 saturated carbocycles. The van der Waals surface area contributed by atoms with Crippen molar-refractivity contribution in [1.82, 2.24) is 4.90 Å². The number of benzene rings is 1. The molecule has 0 bridgehead atoms. The third-order valence-corrected chi connectivity index (χ3v) is 4.68. The van der Waals surface area contributed by atoms with Crippen molar-refractivity contribution < 1.29 is 14.0 Å². The number of hydrogen-bond acceptors (Lipinski definition) is 3. The number of halogens is 2. The molecule has 24 heavy (non-hydrogen) atoms. The van der Waals surface area contributed by atoms with Gasteiger partial charge in [0.25, 0.3) is 0 Å². The minimum Gasteiger partial charge on any atom is -0.332 e. The van der Waals surface area contributed by atoms with Crippen molar-refractivity contribution in [3.63, 3.8) is 0 Å².